The number of carbonyl (C=O) groups is 2. The SMILES string of the molecule is CN=C(NCCCCN1C(=O)c2ccccc2C1=O)NCc1nnc2ccccn12.I. The number of fused-ring (bicyclic) bond motifs is 2. The summed E-state index contributed by atoms with van der Waals surface area (Å²) in [6.45, 7) is 1.56. The number of unbranched alkanes of at least 4 members (excludes halogenated alkanes) is 1. The molecule has 3 aromatic rings. The minimum absolute atomic E-state index is 0. The summed E-state index contributed by atoms with van der Waals surface area (Å²) in [6.07, 6.45) is 3.42. The van der Waals surface area contributed by atoms with Crippen molar-refractivity contribution in [3.8, 4) is 0 Å². The Labute approximate surface area is 197 Å². The number of nitrogens with zero attached hydrogens (tertiary/aromatic N) is 5. The number of amides is 2. The van der Waals surface area contributed by atoms with Crippen molar-refractivity contribution in [3.05, 3.63) is 65.6 Å². The summed E-state index contributed by atoms with van der Waals surface area (Å²) in [5.74, 6) is 1.03. The molecule has 1 aliphatic heterocycles. The molecule has 0 spiro atoms. The minimum Gasteiger partial charge on any atom is -0.356 e. The van der Waals surface area contributed by atoms with Gasteiger partial charge < -0.3 is 10.6 Å². The van der Waals surface area contributed by atoms with E-state index in [0.29, 0.717) is 43.1 Å². The van der Waals surface area contributed by atoms with Crippen LogP contribution in [0.25, 0.3) is 5.65 Å². The Balaban J connectivity index is 0.00000272. The van der Waals surface area contributed by atoms with Crippen LogP contribution in [0.1, 0.15) is 39.4 Å². The maximum absolute atomic E-state index is 12.4. The third kappa shape index (κ3) is 4.84. The third-order valence-electron chi connectivity index (χ3n) is 5.00. The monoisotopic (exact) mass is 533 g/mol. The number of hydrogen-bond donors (Lipinski definition) is 2. The van der Waals surface area contributed by atoms with Crippen LogP contribution in [0.4, 0.5) is 0 Å². The van der Waals surface area contributed by atoms with Crippen LogP contribution in [0.5, 0.6) is 0 Å². The molecule has 10 heteroatoms. The summed E-state index contributed by atoms with van der Waals surface area (Å²) < 4.78 is 1.92. The highest BCUT2D eigenvalue weighted by atomic mass is 127. The van der Waals surface area contributed by atoms with Crippen molar-refractivity contribution in [1.82, 2.24) is 30.1 Å². The van der Waals surface area contributed by atoms with Gasteiger partial charge in [0.15, 0.2) is 17.4 Å². The van der Waals surface area contributed by atoms with E-state index in [4.69, 9.17) is 0 Å². The quantitative estimate of drug-likeness (QED) is 0.159. The smallest absolute Gasteiger partial charge is 0.261 e. The number of halogens is 1. The lowest BCUT2D eigenvalue weighted by molar-refractivity contribution is 0.0652. The molecule has 1 aromatic carbocycles. The zero-order valence-electron chi connectivity index (χ0n) is 17.1. The molecule has 0 aliphatic carbocycles. The first kappa shape index (κ1) is 22.7. The Hall–Kier alpha value is -3.02. The van der Waals surface area contributed by atoms with E-state index >= 15 is 0 Å². The van der Waals surface area contributed by atoms with Gasteiger partial charge in [0.1, 0.15) is 0 Å². The van der Waals surface area contributed by atoms with Crippen LogP contribution in [-0.4, -0.2) is 57.4 Å². The fraction of sp³-hybridized carbons (Fsp3) is 0.286. The average Bonchev–Trinajstić information content (AvgIpc) is 3.30. The number of imide groups is 1. The topological polar surface area (TPSA) is 104 Å². The Morgan fingerprint density at radius 2 is 1.68 bits per heavy atom. The molecule has 31 heavy (non-hydrogen) atoms. The van der Waals surface area contributed by atoms with E-state index in [1.807, 2.05) is 28.8 Å². The van der Waals surface area contributed by atoms with E-state index in [1.165, 1.54) is 4.90 Å². The molecule has 2 amide bonds. The summed E-state index contributed by atoms with van der Waals surface area (Å²) in [4.78, 5) is 30.3. The van der Waals surface area contributed by atoms with Crippen molar-refractivity contribution in [1.29, 1.82) is 0 Å². The summed E-state index contributed by atoms with van der Waals surface area (Å²) >= 11 is 0. The van der Waals surface area contributed by atoms with Gasteiger partial charge in [-0.3, -0.25) is 23.9 Å². The van der Waals surface area contributed by atoms with Crippen LogP contribution in [0.2, 0.25) is 0 Å². The molecule has 0 radical (unpaired) electrons. The minimum atomic E-state index is -0.207. The van der Waals surface area contributed by atoms with Gasteiger partial charge in [-0.25, -0.2) is 0 Å². The highest BCUT2D eigenvalue weighted by Gasteiger charge is 2.34. The van der Waals surface area contributed by atoms with Crippen LogP contribution in [0.3, 0.4) is 0 Å². The number of nitrogens with one attached hydrogen (secondary N) is 2. The first-order valence-electron chi connectivity index (χ1n) is 9.87. The molecule has 0 bridgehead atoms. The Morgan fingerprint density at radius 1 is 0.968 bits per heavy atom. The van der Waals surface area contributed by atoms with Gasteiger partial charge in [0.25, 0.3) is 11.8 Å². The van der Waals surface area contributed by atoms with E-state index < -0.39 is 0 Å². The van der Waals surface area contributed by atoms with Gasteiger partial charge in [0.05, 0.1) is 17.7 Å². The number of carbonyl (C=O) groups excluding carboxylic acids is 2. The molecule has 9 nitrogen and oxygen atoms in total. The fourth-order valence-corrected chi connectivity index (χ4v) is 3.44. The number of pyridine rings is 1. The van der Waals surface area contributed by atoms with Crippen LogP contribution in [0.15, 0.2) is 53.7 Å². The fourth-order valence-electron chi connectivity index (χ4n) is 3.44. The van der Waals surface area contributed by atoms with Gasteiger partial charge in [0, 0.05) is 26.3 Å². The molecule has 0 saturated carbocycles. The summed E-state index contributed by atoms with van der Waals surface area (Å²) in [6, 6.07) is 12.7. The lowest BCUT2D eigenvalue weighted by Crippen LogP contribution is -2.38. The van der Waals surface area contributed by atoms with Crippen LogP contribution in [0, 0.1) is 0 Å². The van der Waals surface area contributed by atoms with E-state index in [-0.39, 0.29) is 35.8 Å². The Bertz CT molecular complexity index is 1080. The highest BCUT2D eigenvalue weighted by Crippen LogP contribution is 2.22. The van der Waals surface area contributed by atoms with Crippen molar-refractivity contribution in [2.75, 3.05) is 20.1 Å². The molecule has 2 aromatic heterocycles. The van der Waals surface area contributed by atoms with Crippen LogP contribution >= 0.6 is 24.0 Å². The highest BCUT2D eigenvalue weighted by molar-refractivity contribution is 14.0. The third-order valence-corrected chi connectivity index (χ3v) is 5.00. The van der Waals surface area contributed by atoms with Gasteiger partial charge in [-0.05, 0) is 37.1 Å². The van der Waals surface area contributed by atoms with Gasteiger partial charge in [-0.15, -0.1) is 34.2 Å². The maximum atomic E-state index is 12.4. The normalized spacial score (nSPS) is 13.3. The largest absolute Gasteiger partial charge is 0.356 e. The zero-order valence-corrected chi connectivity index (χ0v) is 19.4. The lowest BCUT2D eigenvalue weighted by atomic mass is 10.1. The van der Waals surface area contributed by atoms with Crippen molar-refractivity contribution in [2.45, 2.75) is 19.4 Å². The van der Waals surface area contributed by atoms with Crippen molar-refractivity contribution < 1.29 is 9.59 Å². The molecule has 1 aliphatic rings. The number of aromatic nitrogens is 3. The second-order valence-corrected chi connectivity index (χ2v) is 6.91. The summed E-state index contributed by atoms with van der Waals surface area (Å²) in [5.41, 5.74) is 1.78. The standard InChI is InChI=1S/C21H23N7O2.HI/c1-22-21(24-14-18-26-25-17-10-4-6-12-27(17)18)23-11-5-7-13-28-19(29)15-8-2-3-9-16(15)20(28)30;/h2-4,6,8-10,12H,5,7,11,13-14H2,1H3,(H2,22,23,24);1H. The van der Waals surface area contributed by atoms with Gasteiger partial charge in [0.2, 0.25) is 0 Å². The number of rotatable bonds is 7. The van der Waals surface area contributed by atoms with Crippen molar-refractivity contribution in [3.63, 3.8) is 0 Å². The molecule has 0 atom stereocenters. The Kier molecular flexibility index (Phi) is 7.55. The molecular formula is C21H24IN7O2. The second kappa shape index (κ2) is 10.3. The van der Waals surface area contributed by atoms with Crippen LogP contribution < -0.4 is 10.6 Å². The first-order valence-corrected chi connectivity index (χ1v) is 9.87. The predicted molar refractivity (Wildman–Crippen MR) is 128 cm³/mol. The molecule has 2 N–H and O–H groups in total. The molecule has 0 saturated heterocycles. The molecular weight excluding hydrogens is 509 g/mol. The van der Waals surface area contributed by atoms with E-state index in [2.05, 4.69) is 25.8 Å². The molecule has 0 unspecified atom stereocenters. The number of guanidine groups is 1. The predicted octanol–water partition coefficient (Wildman–Crippen LogP) is 2.09. The van der Waals surface area contributed by atoms with Gasteiger partial charge in [-0.1, -0.05) is 18.2 Å². The molecule has 3 heterocycles. The Morgan fingerprint density at radius 3 is 2.39 bits per heavy atom. The molecule has 0 fully saturated rings. The van der Waals surface area contributed by atoms with Gasteiger partial charge >= 0.3 is 0 Å². The number of hydrogen-bond acceptors (Lipinski definition) is 5. The van der Waals surface area contributed by atoms with Crippen molar-refractivity contribution >= 4 is 47.4 Å². The summed E-state index contributed by atoms with van der Waals surface area (Å²) in [5, 5.41) is 14.8. The van der Waals surface area contributed by atoms with Gasteiger partial charge in [-0.2, -0.15) is 0 Å². The maximum Gasteiger partial charge on any atom is 0.261 e. The number of benzene rings is 1. The molecule has 162 valence electrons. The zero-order chi connectivity index (χ0) is 20.9. The van der Waals surface area contributed by atoms with E-state index in [9.17, 15) is 9.59 Å². The molecule has 4 rings (SSSR count). The summed E-state index contributed by atoms with van der Waals surface area (Å²) in [7, 11) is 1.70. The first-order chi connectivity index (χ1) is 14.7. The lowest BCUT2D eigenvalue weighted by Gasteiger charge is -2.14. The average molecular weight is 533 g/mol. The van der Waals surface area contributed by atoms with Crippen LogP contribution in [-0.2, 0) is 6.54 Å². The second-order valence-electron chi connectivity index (χ2n) is 6.91. The van der Waals surface area contributed by atoms with E-state index in [1.54, 1.807) is 31.3 Å². The number of aliphatic imine (C=N–C) groups is 1. The van der Waals surface area contributed by atoms with E-state index in [0.717, 1.165) is 17.9 Å². The van der Waals surface area contributed by atoms with Crippen molar-refractivity contribution in [2.24, 2.45) is 4.99 Å².